The summed E-state index contributed by atoms with van der Waals surface area (Å²) >= 11 is 6.27. The Kier molecular flexibility index (Phi) is 5.89. The number of piperazine rings is 1. The lowest BCUT2D eigenvalue weighted by atomic mass is 10.2. The molecule has 0 aliphatic carbocycles. The first-order valence-electron chi connectivity index (χ1n) is 8.67. The predicted molar refractivity (Wildman–Crippen MR) is 103 cm³/mol. The predicted octanol–water partition coefficient (Wildman–Crippen LogP) is 3.46. The zero-order chi connectivity index (χ0) is 18.5. The van der Waals surface area contributed by atoms with E-state index < -0.39 is 6.10 Å². The van der Waals surface area contributed by atoms with Crippen LogP contribution in [0.3, 0.4) is 0 Å². The van der Waals surface area contributed by atoms with Crippen molar-refractivity contribution < 1.29 is 14.3 Å². The van der Waals surface area contributed by atoms with Crippen molar-refractivity contribution in [3.05, 3.63) is 53.6 Å². The third kappa shape index (κ3) is 4.22. The number of rotatable bonds is 5. The molecular weight excluding hydrogens is 352 g/mol. The number of hydrogen-bond acceptors (Lipinski definition) is 4. The molecule has 0 aromatic heterocycles. The van der Waals surface area contributed by atoms with Crippen LogP contribution in [0.5, 0.6) is 11.5 Å². The van der Waals surface area contributed by atoms with E-state index in [1.807, 2.05) is 41.3 Å². The monoisotopic (exact) mass is 374 g/mol. The van der Waals surface area contributed by atoms with E-state index in [4.69, 9.17) is 21.1 Å². The summed E-state index contributed by atoms with van der Waals surface area (Å²) in [6.07, 6.45) is -0.532. The van der Waals surface area contributed by atoms with Crippen molar-refractivity contribution in [3.8, 4) is 11.5 Å². The van der Waals surface area contributed by atoms with Crippen molar-refractivity contribution in [2.45, 2.75) is 13.0 Å². The van der Waals surface area contributed by atoms with Gasteiger partial charge < -0.3 is 19.3 Å². The number of amides is 1. The fourth-order valence-corrected chi connectivity index (χ4v) is 3.30. The molecule has 1 aliphatic heterocycles. The highest BCUT2D eigenvalue weighted by molar-refractivity contribution is 6.33. The molecule has 5 nitrogen and oxygen atoms in total. The Morgan fingerprint density at radius 3 is 2.23 bits per heavy atom. The number of nitrogens with zero attached hydrogens (tertiary/aromatic N) is 2. The van der Waals surface area contributed by atoms with Crippen molar-refractivity contribution in [3.63, 3.8) is 0 Å². The number of anilines is 1. The maximum absolute atomic E-state index is 12.7. The van der Waals surface area contributed by atoms with Crippen LogP contribution in [0.1, 0.15) is 6.92 Å². The van der Waals surface area contributed by atoms with Gasteiger partial charge in [0.2, 0.25) is 0 Å². The number of halogens is 1. The van der Waals surface area contributed by atoms with Crippen LogP contribution in [-0.2, 0) is 4.79 Å². The van der Waals surface area contributed by atoms with E-state index >= 15 is 0 Å². The minimum Gasteiger partial charge on any atom is -0.497 e. The SMILES string of the molecule is COc1ccc(OC(C)C(=O)N2CCN(c3ccccc3Cl)CC2)cc1. The van der Waals surface area contributed by atoms with Crippen molar-refractivity contribution in [1.82, 2.24) is 4.90 Å². The molecule has 1 amide bonds. The van der Waals surface area contributed by atoms with Crippen LogP contribution in [-0.4, -0.2) is 50.2 Å². The molecule has 1 unspecified atom stereocenters. The smallest absolute Gasteiger partial charge is 0.263 e. The molecule has 0 N–H and O–H groups in total. The summed E-state index contributed by atoms with van der Waals surface area (Å²) in [5, 5.41) is 0.739. The standard InChI is InChI=1S/C20H23ClN2O3/c1-15(26-17-9-7-16(25-2)8-10-17)20(24)23-13-11-22(12-14-23)19-6-4-3-5-18(19)21/h3-10,15H,11-14H2,1-2H3. The Bertz CT molecular complexity index is 743. The second-order valence-electron chi connectivity index (χ2n) is 6.20. The molecule has 0 bridgehead atoms. The van der Waals surface area contributed by atoms with Crippen molar-refractivity contribution in [2.24, 2.45) is 0 Å². The number of carbonyl (C=O) groups excluding carboxylic acids is 1. The van der Waals surface area contributed by atoms with E-state index in [0.717, 1.165) is 29.5 Å². The number of hydrogen-bond donors (Lipinski definition) is 0. The summed E-state index contributed by atoms with van der Waals surface area (Å²) in [5.41, 5.74) is 1.02. The van der Waals surface area contributed by atoms with Gasteiger partial charge in [0.25, 0.3) is 5.91 Å². The second-order valence-corrected chi connectivity index (χ2v) is 6.61. The molecule has 1 heterocycles. The van der Waals surface area contributed by atoms with Gasteiger partial charge >= 0.3 is 0 Å². The van der Waals surface area contributed by atoms with Gasteiger partial charge in [-0.05, 0) is 43.3 Å². The van der Waals surface area contributed by atoms with Crippen molar-refractivity contribution in [2.75, 3.05) is 38.2 Å². The zero-order valence-corrected chi connectivity index (χ0v) is 15.8. The van der Waals surface area contributed by atoms with Crippen molar-refractivity contribution in [1.29, 1.82) is 0 Å². The van der Waals surface area contributed by atoms with E-state index in [0.29, 0.717) is 18.8 Å². The van der Waals surface area contributed by atoms with Crippen LogP contribution in [0.4, 0.5) is 5.69 Å². The molecule has 3 rings (SSSR count). The number of ether oxygens (including phenoxy) is 2. The molecule has 0 spiro atoms. The molecule has 1 aliphatic rings. The first-order chi connectivity index (χ1) is 12.6. The van der Waals surface area contributed by atoms with E-state index in [1.165, 1.54) is 0 Å². The van der Waals surface area contributed by atoms with Gasteiger partial charge in [-0.25, -0.2) is 0 Å². The molecule has 2 aromatic carbocycles. The van der Waals surface area contributed by atoms with Gasteiger partial charge in [-0.2, -0.15) is 0 Å². The number of carbonyl (C=O) groups is 1. The van der Waals surface area contributed by atoms with Gasteiger partial charge in [0.1, 0.15) is 11.5 Å². The van der Waals surface area contributed by atoms with Crippen LogP contribution in [0, 0.1) is 0 Å². The van der Waals surface area contributed by atoms with Gasteiger partial charge in [0.05, 0.1) is 17.8 Å². The number of para-hydroxylation sites is 1. The summed E-state index contributed by atoms with van der Waals surface area (Å²) < 4.78 is 10.9. The molecule has 0 radical (unpaired) electrons. The fourth-order valence-electron chi connectivity index (χ4n) is 3.04. The van der Waals surface area contributed by atoms with Crippen LogP contribution in [0.15, 0.2) is 48.5 Å². The Balaban J connectivity index is 1.55. The molecule has 26 heavy (non-hydrogen) atoms. The highest BCUT2D eigenvalue weighted by Crippen LogP contribution is 2.26. The largest absolute Gasteiger partial charge is 0.497 e. The minimum absolute atomic E-state index is 0.000346. The maximum Gasteiger partial charge on any atom is 0.263 e. The third-order valence-electron chi connectivity index (χ3n) is 4.50. The van der Waals surface area contributed by atoms with E-state index in [-0.39, 0.29) is 5.91 Å². The molecule has 2 aromatic rings. The molecule has 6 heteroatoms. The lowest BCUT2D eigenvalue weighted by molar-refractivity contribution is -0.138. The normalized spacial score (nSPS) is 15.5. The van der Waals surface area contributed by atoms with Crippen LogP contribution < -0.4 is 14.4 Å². The van der Waals surface area contributed by atoms with E-state index in [1.54, 1.807) is 26.2 Å². The van der Waals surface area contributed by atoms with Crippen LogP contribution in [0.25, 0.3) is 0 Å². The summed E-state index contributed by atoms with van der Waals surface area (Å²) in [5.74, 6) is 1.41. The summed E-state index contributed by atoms with van der Waals surface area (Å²) in [4.78, 5) is 16.7. The Hall–Kier alpha value is -2.40. The minimum atomic E-state index is -0.532. The fraction of sp³-hybridized carbons (Fsp3) is 0.350. The topological polar surface area (TPSA) is 42.0 Å². The molecule has 138 valence electrons. The summed E-state index contributed by atoms with van der Waals surface area (Å²) in [7, 11) is 1.62. The second kappa shape index (κ2) is 8.32. The first kappa shape index (κ1) is 18.4. The van der Waals surface area contributed by atoms with E-state index in [2.05, 4.69) is 4.90 Å². The van der Waals surface area contributed by atoms with Crippen molar-refractivity contribution >= 4 is 23.2 Å². The highest BCUT2D eigenvalue weighted by Gasteiger charge is 2.26. The Morgan fingerprint density at radius 2 is 1.62 bits per heavy atom. The zero-order valence-electron chi connectivity index (χ0n) is 15.0. The highest BCUT2D eigenvalue weighted by atomic mass is 35.5. The van der Waals surface area contributed by atoms with Gasteiger partial charge in [-0.1, -0.05) is 23.7 Å². The summed E-state index contributed by atoms with van der Waals surface area (Å²) in [6.45, 7) is 4.60. The maximum atomic E-state index is 12.7. The average Bonchev–Trinajstić information content (AvgIpc) is 2.68. The molecule has 1 atom stereocenters. The van der Waals surface area contributed by atoms with Gasteiger partial charge in [-0.3, -0.25) is 4.79 Å². The average molecular weight is 375 g/mol. The lowest BCUT2D eigenvalue weighted by Crippen LogP contribution is -2.52. The number of benzene rings is 2. The van der Waals surface area contributed by atoms with Gasteiger partial charge in [0.15, 0.2) is 6.10 Å². The van der Waals surface area contributed by atoms with E-state index in [9.17, 15) is 4.79 Å². The quantitative estimate of drug-likeness (QED) is 0.803. The molecule has 0 saturated carbocycles. The molecule has 1 saturated heterocycles. The molecular formula is C20H23ClN2O3. The number of methoxy groups -OCH3 is 1. The molecule has 1 fully saturated rings. The van der Waals surface area contributed by atoms with Crippen LogP contribution in [0.2, 0.25) is 5.02 Å². The van der Waals surface area contributed by atoms with Gasteiger partial charge in [0, 0.05) is 26.2 Å². The third-order valence-corrected chi connectivity index (χ3v) is 4.82. The van der Waals surface area contributed by atoms with Crippen LogP contribution >= 0.6 is 11.6 Å². The Labute approximate surface area is 159 Å². The Morgan fingerprint density at radius 1 is 1.00 bits per heavy atom. The first-order valence-corrected chi connectivity index (χ1v) is 9.05. The summed E-state index contributed by atoms with van der Waals surface area (Å²) in [6, 6.07) is 15.0. The lowest BCUT2D eigenvalue weighted by Gasteiger charge is -2.37. The van der Waals surface area contributed by atoms with Gasteiger partial charge in [-0.15, -0.1) is 0 Å².